The Kier molecular flexibility index (Phi) is 4.03. The molecule has 1 aliphatic rings. The van der Waals surface area contributed by atoms with Crippen molar-refractivity contribution in [2.45, 2.75) is 17.9 Å². The Balaban J connectivity index is 1.94. The van der Waals surface area contributed by atoms with Crippen molar-refractivity contribution in [3.05, 3.63) is 5.69 Å². The zero-order valence-electron chi connectivity index (χ0n) is 9.57. The van der Waals surface area contributed by atoms with Gasteiger partial charge in [0, 0.05) is 13.1 Å². The van der Waals surface area contributed by atoms with Gasteiger partial charge in [-0.1, -0.05) is 16.9 Å². The van der Waals surface area contributed by atoms with Crippen molar-refractivity contribution >= 4 is 23.5 Å². The molecule has 0 bridgehead atoms. The Morgan fingerprint density at radius 2 is 2.22 bits per heavy atom. The molecule has 3 N–H and O–H groups in total. The van der Waals surface area contributed by atoms with Gasteiger partial charge < -0.3 is 15.8 Å². The summed E-state index contributed by atoms with van der Waals surface area (Å²) < 4.78 is 4.51. The number of amides is 1. The van der Waals surface area contributed by atoms with Crippen LogP contribution in [-0.2, 0) is 4.79 Å². The first-order chi connectivity index (χ1) is 8.72. The molecule has 0 aliphatic carbocycles. The van der Waals surface area contributed by atoms with Crippen LogP contribution in [0.25, 0.3) is 0 Å². The molecule has 2 heterocycles. The molecule has 0 spiro atoms. The molecule has 2 rings (SSSR count). The molecule has 98 valence electrons. The van der Waals surface area contributed by atoms with Crippen LogP contribution in [0.4, 0.5) is 0 Å². The number of aromatic nitrogens is 2. The number of carbonyl (C=O) groups is 1. The molecule has 1 aromatic rings. The molecule has 1 amide bonds. The molecule has 0 radical (unpaired) electrons. The van der Waals surface area contributed by atoms with Crippen LogP contribution in [-0.4, -0.2) is 51.0 Å². The van der Waals surface area contributed by atoms with E-state index in [0.29, 0.717) is 5.03 Å². The lowest BCUT2D eigenvalue weighted by Crippen LogP contribution is -2.29. The predicted molar refractivity (Wildman–Crippen MR) is 63.3 cm³/mol. The summed E-state index contributed by atoms with van der Waals surface area (Å²) in [6, 6.07) is 0. The number of hydrogen-bond donors (Lipinski definition) is 2. The number of likely N-dealkylation sites (tertiary alicyclic amines) is 1. The summed E-state index contributed by atoms with van der Waals surface area (Å²) in [4.78, 5) is 13.6. The van der Waals surface area contributed by atoms with Crippen molar-refractivity contribution in [1.29, 1.82) is 0 Å². The van der Waals surface area contributed by atoms with Crippen LogP contribution in [0.3, 0.4) is 0 Å². The maximum Gasteiger partial charge on any atom is 0.232 e. The Hall–Kier alpha value is -1.77. The third-order valence-electron chi connectivity index (χ3n) is 2.60. The smallest absolute Gasteiger partial charge is 0.232 e. The summed E-state index contributed by atoms with van der Waals surface area (Å²) in [5, 5.41) is 18.8. The second kappa shape index (κ2) is 5.71. The Bertz CT molecular complexity index is 455. The van der Waals surface area contributed by atoms with E-state index in [2.05, 4.69) is 20.1 Å². The fourth-order valence-corrected chi connectivity index (χ4v) is 2.47. The third-order valence-corrected chi connectivity index (χ3v) is 3.53. The molecular weight excluding hydrogens is 258 g/mol. The van der Waals surface area contributed by atoms with E-state index in [1.54, 1.807) is 0 Å². The number of hydrogen-bond acceptors (Lipinski definition) is 7. The summed E-state index contributed by atoms with van der Waals surface area (Å²) >= 11 is 1.16. The predicted octanol–water partition coefficient (Wildman–Crippen LogP) is -0.121. The zero-order chi connectivity index (χ0) is 13.0. The molecule has 1 saturated heterocycles. The second-order valence-corrected chi connectivity index (χ2v) is 4.74. The van der Waals surface area contributed by atoms with Crippen molar-refractivity contribution < 1.29 is 14.6 Å². The molecular formula is C9H13N5O3S. The number of nitrogens with zero attached hydrogens (tertiary/aromatic N) is 4. The SMILES string of the molecule is N/C(=N\O)c1nonc1SCC(=O)N1CCCC1. The molecule has 0 aromatic carbocycles. The first-order valence-electron chi connectivity index (χ1n) is 5.43. The van der Waals surface area contributed by atoms with Gasteiger partial charge in [0.1, 0.15) is 0 Å². The van der Waals surface area contributed by atoms with E-state index in [9.17, 15) is 4.79 Å². The van der Waals surface area contributed by atoms with Crippen LogP contribution in [0.15, 0.2) is 14.8 Å². The lowest BCUT2D eigenvalue weighted by molar-refractivity contribution is -0.127. The number of carbonyl (C=O) groups excluding carboxylic acids is 1. The maximum absolute atomic E-state index is 11.8. The molecule has 0 unspecified atom stereocenters. The quantitative estimate of drug-likeness (QED) is 0.257. The van der Waals surface area contributed by atoms with Crippen molar-refractivity contribution in [1.82, 2.24) is 15.2 Å². The number of amidine groups is 1. The highest BCUT2D eigenvalue weighted by atomic mass is 32.2. The highest BCUT2D eigenvalue weighted by Gasteiger charge is 2.21. The topological polar surface area (TPSA) is 118 Å². The third kappa shape index (κ3) is 2.73. The van der Waals surface area contributed by atoms with Crippen LogP contribution in [0.1, 0.15) is 18.5 Å². The van der Waals surface area contributed by atoms with E-state index in [4.69, 9.17) is 10.9 Å². The molecule has 18 heavy (non-hydrogen) atoms. The second-order valence-electron chi connectivity index (χ2n) is 3.78. The van der Waals surface area contributed by atoms with Gasteiger partial charge >= 0.3 is 0 Å². The lowest BCUT2D eigenvalue weighted by atomic mass is 10.4. The molecule has 1 aromatic heterocycles. The van der Waals surface area contributed by atoms with Crippen LogP contribution >= 0.6 is 11.8 Å². The van der Waals surface area contributed by atoms with Gasteiger partial charge in [0.15, 0.2) is 16.6 Å². The van der Waals surface area contributed by atoms with Gasteiger partial charge in [0.05, 0.1) is 5.75 Å². The monoisotopic (exact) mass is 271 g/mol. The molecule has 9 heteroatoms. The molecule has 0 saturated carbocycles. The Labute approximate surface area is 107 Å². The summed E-state index contributed by atoms with van der Waals surface area (Å²) in [6.45, 7) is 1.62. The van der Waals surface area contributed by atoms with E-state index in [0.717, 1.165) is 37.7 Å². The van der Waals surface area contributed by atoms with Crippen molar-refractivity contribution in [3.63, 3.8) is 0 Å². The number of nitrogens with two attached hydrogens (primary N) is 1. The maximum atomic E-state index is 11.8. The normalized spacial score (nSPS) is 16.2. The molecule has 8 nitrogen and oxygen atoms in total. The van der Waals surface area contributed by atoms with Gasteiger partial charge in [-0.05, 0) is 23.2 Å². The number of thioether (sulfide) groups is 1. The Morgan fingerprint density at radius 1 is 1.50 bits per heavy atom. The van der Waals surface area contributed by atoms with Crippen molar-refractivity contribution in [3.8, 4) is 0 Å². The van der Waals surface area contributed by atoms with Gasteiger partial charge in [-0.3, -0.25) is 4.79 Å². The van der Waals surface area contributed by atoms with Crippen LogP contribution < -0.4 is 5.73 Å². The van der Waals surface area contributed by atoms with Gasteiger partial charge in [-0.25, -0.2) is 4.63 Å². The van der Waals surface area contributed by atoms with Crippen molar-refractivity contribution in [2.75, 3.05) is 18.8 Å². The van der Waals surface area contributed by atoms with Gasteiger partial charge in [-0.2, -0.15) is 0 Å². The van der Waals surface area contributed by atoms with Gasteiger partial charge in [0.25, 0.3) is 0 Å². The summed E-state index contributed by atoms with van der Waals surface area (Å²) in [6.07, 6.45) is 2.11. The van der Waals surface area contributed by atoms with E-state index >= 15 is 0 Å². The lowest BCUT2D eigenvalue weighted by Gasteiger charge is -2.13. The summed E-state index contributed by atoms with van der Waals surface area (Å²) in [5.41, 5.74) is 5.55. The fourth-order valence-electron chi connectivity index (χ4n) is 1.67. The van der Waals surface area contributed by atoms with E-state index in [1.807, 2.05) is 4.90 Å². The first kappa shape index (κ1) is 12.7. The van der Waals surface area contributed by atoms with E-state index in [-0.39, 0.29) is 23.2 Å². The highest BCUT2D eigenvalue weighted by molar-refractivity contribution is 8.00. The number of rotatable bonds is 4. The summed E-state index contributed by atoms with van der Waals surface area (Å²) in [7, 11) is 0. The van der Waals surface area contributed by atoms with E-state index in [1.165, 1.54) is 0 Å². The van der Waals surface area contributed by atoms with Gasteiger partial charge in [-0.15, -0.1) is 0 Å². The largest absolute Gasteiger partial charge is 0.409 e. The average molecular weight is 271 g/mol. The minimum absolute atomic E-state index is 0.0472. The minimum atomic E-state index is -0.188. The number of oxime groups is 1. The van der Waals surface area contributed by atoms with Crippen molar-refractivity contribution in [2.24, 2.45) is 10.9 Å². The van der Waals surface area contributed by atoms with Crippen LogP contribution in [0.5, 0.6) is 0 Å². The first-order valence-corrected chi connectivity index (χ1v) is 6.42. The molecule has 0 atom stereocenters. The Morgan fingerprint density at radius 3 is 2.89 bits per heavy atom. The highest BCUT2D eigenvalue weighted by Crippen LogP contribution is 2.20. The molecule has 1 fully saturated rings. The zero-order valence-corrected chi connectivity index (χ0v) is 10.4. The standard InChI is InChI=1S/C9H13N5O3S/c10-8(11-16)7-9(13-17-12-7)18-5-6(15)14-3-1-2-4-14/h16H,1-5H2,(H2,10,11). The summed E-state index contributed by atoms with van der Waals surface area (Å²) in [5.74, 6) is 0.0956. The van der Waals surface area contributed by atoms with Crippen LogP contribution in [0.2, 0.25) is 0 Å². The minimum Gasteiger partial charge on any atom is -0.409 e. The van der Waals surface area contributed by atoms with Crippen LogP contribution in [0, 0.1) is 0 Å². The fraction of sp³-hybridized carbons (Fsp3) is 0.556. The molecule has 1 aliphatic heterocycles. The van der Waals surface area contributed by atoms with E-state index < -0.39 is 0 Å². The average Bonchev–Trinajstić information content (AvgIpc) is 3.05. The van der Waals surface area contributed by atoms with Gasteiger partial charge in [0.2, 0.25) is 5.91 Å².